The van der Waals surface area contributed by atoms with Gasteiger partial charge < -0.3 is 10.4 Å². The van der Waals surface area contributed by atoms with Crippen molar-refractivity contribution in [3.8, 4) is 6.07 Å². The molecule has 0 amide bonds. The van der Waals surface area contributed by atoms with Crippen LogP contribution in [0, 0.1) is 11.3 Å². The van der Waals surface area contributed by atoms with Crippen LogP contribution in [0.3, 0.4) is 0 Å². The minimum Gasteiger partial charge on any atom is -0.480 e. The molecule has 78 valence electrons. The average molecular weight is 204 g/mol. The van der Waals surface area contributed by atoms with Gasteiger partial charge in [0.25, 0.3) is 0 Å². The van der Waals surface area contributed by atoms with Crippen LogP contribution in [0.1, 0.15) is 18.1 Å². The number of aliphatic carboxylic acids is 1. The smallest absolute Gasteiger partial charge is 0.328 e. The van der Waals surface area contributed by atoms with Crippen LogP contribution < -0.4 is 5.32 Å². The van der Waals surface area contributed by atoms with Crippen LogP contribution in [0.25, 0.3) is 0 Å². The van der Waals surface area contributed by atoms with Crippen LogP contribution in [0.5, 0.6) is 0 Å². The molecule has 1 aromatic rings. The molecule has 0 saturated heterocycles. The number of nitriles is 1. The Labute approximate surface area is 88.2 Å². The summed E-state index contributed by atoms with van der Waals surface area (Å²) in [7, 11) is 1.58. The minimum absolute atomic E-state index is 0.454. The first-order chi connectivity index (χ1) is 7.04. The number of carboxylic acid groups (broad SMARTS) is 1. The lowest BCUT2D eigenvalue weighted by Crippen LogP contribution is -2.44. The molecular weight excluding hydrogens is 192 g/mol. The second kappa shape index (κ2) is 4.11. The maximum Gasteiger partial charge on any atom is 0.328 e. The van der Waals surface area contributed by atoms with Crippen molar-refractivity contribution >= 4 is 5.97 Å². The number of rotatable bonds is 3. The van der Waals surface area contributed by atoms with E-state index >= 15 is 0 Å². The van der Waals surface area contributed by atoms with Gasteiger partial charge in [0.05, 0.1) is 11.6 Å². The van der Waals surface area contributed by atoms with Gasteiger partial charge in [0.15, 0.2) is 0 Å². The van der Waals surface area contributed by atoms with Gasteiger partial charge in [0.1, 0.15) is 5.54 Å². The molecule has 15 heavy (non-hydrogen) atoms. The van der Waals surface area contributed by atoms with Gasteiger partial charge in [-0.15, -0.1) is 0 Å². The van der Waals surface area contributed by atoms with E-state index in [9.17, 15) is 4.79 Å². The Bertz CT molecular complexity index is 423. The Hall–Kier alpha value is -1.86. The summed E-state index contributed by atoms with van der Waals surface area (Å²) in [6, 6.07) is 8.56. The topological polar surface area (TPSA) is 73.1 Å². The highest BCUT2D eigenvalue weighted by molar-refractivity contribution is 5.80. The Morgan fingerprint density at radius 3 is 2.73 bits per heavy atom. The second-order valence-corrected chi connectivity index (χ2v) is 3.37. The molecule has 0 bridgehead atoms. The number of nitrogens with zero attached hydrogens (tertiary/aromatic N) is 1. The number of likely N-dealkylation sites (N-methyl/N-ethyl adjacent to an activating group) is 1. The van der Waals surface area contributed by atoms with Crippen LogP contribution in [0.2, 0.25) is 0 Å². The van der Waals surface area contributed by atoms with E-state index in [1.54, 1.807) is 38.2 Å². The summed E-state index contributed by atoms with van der Waals surface area (Å²) < 4.78 is 0. The summed E-state index contributed by atoms with van der Waals surface area (Å²) in [6.45, 7) is 1.56. The molecule has 4 heteroatoms. The van der Waals surface area contributed by atoms with Crippen LogP contribution in [-0.2, 0) is 10.3 Å². The van der Waals surface area contributed by atoms with Crippen LogP contribution in [0.4, 0.5) is 0 Å². The van der Waals surface area contributed by atoms with Gasteiger partial charge in [-0.3, -0.25) is 0 Å². The molecule has 1 aromatic carbocycles. The Kier molecular flexibility index (Phi) is 3.08. The number of carboxylic acids is 1. The van der Waals surface area contributed by atoms with Gasteiger partial charge in [-0.25, -0.2) is 4.79 Å². The van der Waals surface area contributed by atoms with Crippen LogP contribution in [0.15, 0.2) is 24.3 Å². The fraction of sp³-hybridized carbons (Fsp3) is 0.273. The third-order valence-electron chi connectivity index (χ3n) is 2.50. The van der Waals surface area contributed by atoms with E-state index in [0.717, 1.165) is 0 Å². The lowest BCUT2D eigenvalue weighted by molar-refractivity contribution is -0.144. The van der Waals surface area contributed by atoms with E-state index in [0.29, 0.717) is 11.1 Å². The number of hydrogen-bond acceptors (Lipinski definition) is 3. The second-order valence-electron chi connectivity index (χ2n) is 3.37. The summed E-state index contributed by atoms with van der Waals surface area (Å²) in [6.07, 6.45) is 0. The maximum atomic E-state index is 11.1. The molecule has 0 fully saturated rings. The van der Waals surface area contributed by atoms with E-state index in [2.05, 4.69) is 5.32 Å². The Morgan fingerprint density at radius 2 is 2.27 bits per heavy atom. The van der Waals surface area contributed by atoms with Gasteiger partial charge in [-0.2, -0.15) is 5.26 Å². The first-order valence-electron chi connectivity index (χ1n) is 4.47. The zero-order valence-electron chi connectivity index (χ0n) is 8.61. The van der Waals surface area contributed by atoms with Crippen molar-refractivity contribution in [3.05, 3.63) is 35.4 Å². The van der Waals surface area contributed by atoms with Crippen LogP contribution >= 0.6 is 0 Å². The number of benzene rings is 1. The predicted molar refractivity (Wildman–Crippen MR) is 55.2 cm³/mol. The molecule has 0 aromatic heterocycles. The van der Waals surface area contributed by atoms with Crippen molar-refractivity contribution in [2.75, 3.05) is 7.05 Å². The summed E-state index contributed by atoms with van der Waals surface area (Å²) in [5.74, 6) is -0.972. The molecular formula is C11H12N2O2. The Balaban J connectivity index is 3.25. The lowest BCUT2D eigenvalue weighted by atomic mass is 9.91. The lowest BCUT2D eigenvalue weighted by Gasteiger charge is -2.24. The highest BCUT2D eigenvalue weighted by Crippen LogP contribution is 2.21. The van der Waals surface area contributed by atoms with Gasteiger partial charge in [0, 0.05) is 0 Å². The number of hydrogen-bond donors (Lipinski definition) is 2. The van der Waals surface area contributed by atoms with E-state index in [4.69, 9.17) is 10.4 Å². The van der Waals surface area contributed by atoms with E-state index in [1.165, 1.54) is 0 Å². The summed E-state index contributed by atoms with van der Waals surface area (Å²) in [4.78, 5) is 11.1. The van der Waals surface area contributed by atoms with E-state index in [-0.39, 0.29) is 0 Å². The normalized spacial score (nSPS) is 13.9. The summed E-state index contributed by atoms with van der Waals surface area (Å²) >= 11 is 0. The largest absolute Gasteiger partial charge is 0.480 e. The molecule has 2 N–H and O–H groups in total. The average Bonchev–Trinajstić information content (AvgIpc) is 2.27. The minimum atomic E-state index is -1.16. The summed E-state index contributed by atoms with van der Waals surface area (Å²) in [5, 5.41) is 20.6. The third-order valence-corrected chi connectivity index (χ3v) is 2.50. The first kappa shape index (κ1) is 11.2. The molecule has 0 aliphatic carbocycles. The molecule has 1 rings (SSSR count). The molecule has 0 spiro atoms. The van der Waals surface area contributed by atoms with Crippen molar-refractivity contribution < 1.29 is 9.90 Å². The highest BCUT2D eigenvalue weighted by atomic mass is 16.4. The van der Waals surface area contributed by atoms with Gasteiger partial charge >= 0.3 is 5.97 Å². The fourth-order valence-electron chi connectivity index (χ4n) is 1.27. The molecule has 0 aliphatic heterocycles. The van der Waals surface area contributed by atoms with Gasteiger partial charge in [0.2, 0.25) is 0 Å². The molecule has 0 saturated carbocycles. The predicted octanol–water partition coefficient (Wildman–Crippen LogP) is 1.08. The number of carbonyl (C=O) groups is 1. The highest BCUT2D eigenvalue weighted by Gasteiger charge is 2.33. The van der Waals surface area contributed by atoms with Crippen LogP contribution in [-0.4, -0.2) is 18.1 Å². The number of nitrogens with one attached hydrogen (secondary N) is 1. The molecule has 0 radical (unpaired) electrons. The van der Waals surface area contributed by atoms with Gasteiger partial charge in [-0.05, 0) is 31.7 Å². The molecule has 4 nitrogen and oxygen atoms in total. The van der Waals surface area contributed by atoms with Crippen molar-refractivity contribution in [3.63, 3.8) is 0 Å². The Morgan fingerprint density at radius 1 is 1.60 bits per heavy atom. The van der Waals surface area contributed by atoms with Crippen molar-refractivity contribution in [1.29, 1.82) is 5.26 Å². The molecule has 0 heterocycles. The van der Waals surface area contributed by atoms with Crippen molar-refractivity contribution in [2.45, 2.75) is 12.5 Å². The quantitative estimate of drug-likeness (QED) is 0.772. The maximum absolute atomic E-state index is 11.1. The van der Waals surface area contributed by atoms with E-state index in [1.807, 2.05) is 6.07 Å². The summed E-state index contributed by atoms with van der Waals surface area (Å²) in [5.41, 5.74) is -0.140. The molecule has 1 atom stereocenters. The molecule has 0 aliphatic rings. The fourth-order valence-corrected chi connectivity index (χ4v) is 1.27. The first-order valence-corrected chi connectivity index (χ1v) is 4.47. The SMILES string of the molecule is CNC(C)(C(=O)O)c1cccc(C#N)c1. The van der Waals surface area contributed by atoms with Crippen molar-refractivity contribution in [2.24, 2.45) is 0 Å². The monoisotopic (exact) mass is 204 g/mol. The standard InChI is InChI=1S/C11H12N2O2/c1-11(13-2,10(14)15)9-5-3-4-8(6-9)7-12/h3-6,13H,1-2H3,(H,14,15). The zero-order chi connectivity index (χ0) is 11.5. The third kappa shape index (κ3) is 1.97. The van der Waals surface area contributed by atoms with Gasteiger partial charge in [-0.1, -0.05) is 12.1 Å². The van der Waals surface area contributed by atoms with E-state index < -0.39 is 11.5 Å². The zero-order valence-corrected chi connectivity index (χ0v) is 8.61. The molecule has 1 unspecified atom stereocenters. The van der Waals surface area contributed by atoms with Crippen molar-refractivity contribution in [1.82, 2.24) is 5.32 Å².